The zero-order chi connectivity index (χ0) is 33.0. The summed E-state index contributed by atoms with van der Waals surface area (Å²) in [6.07, 6.45) is 6.60. The zero-order valence-electron chi connectivity index (χ0n) is 28.5. The van der Waals surface area contributed by atoms with E-state index in [1.54, 1.807) is 17.7 Å². The molecule has 4 nitrogen and oxygen atoms in total. The molecule has 1 N–H and O–H groups in total. The number of ketones is 1. The third-order valence-electron chi connectivity index (χ3n) is 9.08. The van der Waals surface area contributed by atoms with Crippen LogP contribution in [0.4, 0.5) is 0 Å². The van der Waals surface area contributed by atoms with Crippen LogP contribution in [0.15, 0.2) is 84.9 Å². The van der Waals surface area contributed by atoms with E-state index in [4.69, 9.17) is 4.98 Å². The molecule has 2 aromatic heterocycles. The normalized spacial score (nSPS) is 12.1. The van der Waals surface area contributed by atoms with Gasteiger partial charge in [-0.1, -0.05) is 108 Å². The molecule has 2 heterocycles. The molecule has 6 aromatic rings. The van der Waals surface area contributed by atoms with Gasteiger partial charge in [-0.15, -0.1) is 40.5 Å². The summed E-state index contributed by atoms with van der Waals surface area (Å²) in [5.74, 6) is 0.547. The van der Waals surface area contributed by atoms with E-state index in [-0.39, 0.29) is 48.9 Å². The molecule has 0 unspecified atom stereocenters. The summed E-state index contributed by atoms with van der Waals surface area (Å²) in [5, 5.41) is 17.0. The van der Waals surface area contributed by atoms with Gasteiger partial charge in [0.25, 0.3) is 0 Å². The molecule has 0 amide bonds. The molecule has 4 aromatic carbocycles. The predicted molar refractivity (Wildman–Crippen MR) is 197 cm³/mol. The summed E-state index contributed by atoms with van der Waals surface area (Å²) < 4.78 is 1.24. The first kappa shape index (κ1) is 36.4. The number of carbonyl (C=O) groups excluding carboxylic acids is 1. The van der Waals surface area contributed by atoms with E-state index in [9.17, 15) is 9.90 Å². The quantitative estimate of drug-likeness (QED) is 0.0944. The minimum Gasteiger partial charge on any atom is -0.512 e. The number of carbonyl (C=O) groups is 1. The zero-order valence-corrected chi connectivity index (χ0v) is 31.7. The van der Waals surface area contributed by atoms with Crippen LogP contribution in [0.5, 0.6) is 0 Å². The molecule has 1 radical (unpaired) electrons. The maximum atomic E-state index is 11.7. The Morgan fingerprint density at radius 2 is 1.49 bits per heavy atom. The molecule has 6 rings (SSSR count). The molecule has 0 saturated heterocycles. The van der Waals surface area contributed by atoms with E-state index in [1.165, 1.54) is 37.9 Å². The molecule has 0 bridgehead atoms. The van der Waals surface area contributed by atoms with Crippen LogP contribution in [-0.4, -0.2) is 20.9 Å². The number of allylic oxidation sites excluding steroid dienone is 2. The molecule has 0 fully saturated rings. The van der Waals surface area contributed by atoms with Crippen LogP contribution in [0.25, 0.3) is 53.1 Å². The van der Waals surface area contributed by atoms with E-state index in [0.717, 1.165) is 52.5 Å². The van der Waals surface area contributed by atoms with Crippen LogP contribution >= 0.6 is 11.3 Å². The molecule has 0 aliphatic carbocycles. The molecule has 6 heteroatoms. The molecule has 47 heavy (non-hydrogen) atoms. The minimum atomic E-state index is 0. The van der Waals surface area contributed by atoms with Gasteiger partial charge in [-0.3, -0.25) is 9.78 Å². The Bertz CT molecular complexity index is 2030. The van der Waals surface area contributed by atoms with Crippen LogP contribution in [0, 0.1) is 17.9 Å². The third kappa shape index (κ3) is 7.67. The van der Waals surface area contributed by atoms with Crippen molar-refractivity contribution in [2.24, 2.45) is 11.8 Å². The number of nitrogens with zero attached hydrogens (tertiary/aromatic N) is 2. The second kappa shape index (κ2) is 15.6. The maximum Gasteiger partial charge on any atom is 0.162 e. The van der Waals surface area contributed by atoms with E-state index in [0.29, 0.717) is 0 Å². The van der Waals surface area contributed by atoms with Gasteiger partial charge in [0.15, 0.2) is 5.78 Å². The molecule has 0 aliphatic rings. The Kier molecular flexibility index (Phi) is 12.1. The minimum absolute atomic E-state index is 0. The van der Waals surface area contributed by atoms with Gasteiger partial charge in [-0.25, -0.2) is 4.98 Å². The van der Waals surface area contributed by atoms with Gasteiger partial charge in [0.05, 0.1) is 5.76 Å². The van der Waals surface area contributed by atoms with Crippen molar-refractivity contribution in [1.29, 1.82) is 0 Å². The Morgan fingerprint density at radius 3 is 2.15 bits per heavy atom. The van der Waals surface area contributed by atoms with Crippen LogP contribution < -0.4 is 0 Å². The van der Waals surface area contributed by atoms with Crippen LogP contribution in [0.2, 0.25) is 0 Å². The summed E-state index contributed by atoms with van der Waals surface area (Å²) in [7, 11) is 0. The molecule has 0 aliphatic heterocycles. The number of hydrogen-bond donors (Lipinski definition) is 1. The molecule has 0 atom stereocenters. The smallest absolute Gasteiger partial charge is 0.162 e. The van der Waals surface area contributed by atoms with Crippen LogP contribution in [0.1, 0.15) is 79.7 Å². The van der Waals surface area contributed by atoms with E-state index < -0.39 is 0 Å². The van der Waals surface area contributed by atoms with Gasteiger partial charge in [-0.05, 0) is 47.9 Å². The number of thiophene rings is 1. The number of fused-ring (bicyclic) bond motifs is 6. The fraction of sp³-hybridized carbons (Fsp3) is 0.341. The number of benzene rings is 4. The fourth-order valence-corrected chi connectivity index (χ4v) is 7.39. The fourth-order valence-electron chi connectivity index (χ4n) is 6.33. The SMILES string of the molecule is CC(C)(C)c1cc(-c2ncnc3sc4ccc5ccccc5c4c23)[c-]c2ccccc12.CCC(CC)C(=O)/C=C(\O)C(CC)CC.[Ir]. The van der Waals surface area contributed by atoms with Crippen LogP contribution in [0.3, 0.4) is 0 Å². The van der Waals surface area contributed by atoms with Gasteiger partial charge in [-0.2, -0.15) is 0 Å². The van der Waals surface area contributed by atoms with Crippen molar-refractivity contribution in [2.75, 3.05) is 0 Å². The first-order valence-electron chi connectivity index (χ1n) is 16.6. The van der Waals surface area contributed by atoms with Crippen LogP contribution in [-0.2, 0) is 30.3 Å². The van der Waals surface area contributed by atoms with E-state index in [1.807, 2.05) is 27.7 Å². The summed E-state index contributed by atoms with van der Waals surface area (Å²) in [6.45, 7) is 14.9. The van der Waals surface area contributed by atoms with Gasteiger partial charge >= 0.3 is 0 Å². The topological polar surface area (TPSA) is 63.1 Å². The Labute approximate surface area is 296 Å². The van der Waals surface area contributed by atoms with Gasteiger partial charge in [0.2, 0.25) is 0 Å². The molecular weight excluding hydrogens is 777 g/mol. The standard InChI is InChI=1S/C28H21N2S.C13H24O2.Ir/c1-28(2,3)22-15-19(14-18-9-5-6-10-20(18)22)26-25-24-21-11-7-4-8-17(21)12-13-23(24)31-27(25)30-16-29-26;1-5-10(6-2)12(14)9-13(15)11(7-3)8-4;/h4-13,15-16H,1-3H3;9-11,14H,5-8H2,1-4H3;/q-1;;/b;12-9-;. The second-order valence-electron chi connectivity index (χ2n) is 13.1. The predicted octanol–water partition coefficient (Wildman–Crippen LogP) is 11.8. The maximum absolute atomic E-state index is 11.7. The average Bonchev–Trinajstić information content (AvgIpc) is 3.45. The summed E-state index contributed by atoms with van der Waals surface area (Å²) in [6, 6.07) is 27.4. The largest absolute Gasteiger partial charge is 0.512 e. The summed E-state index contributed by atoms with van der Waals surface area (Å²) >= 11 is 1.73. The average molecular weight is 822 g/mol. The first-order chi connectivity index (χ1) is 22.1. The summed E-state index contributed by atoms with van der Waals surface area (Å²) in [5.41, 5.74) is 3.32. The van der Waals surface area contributed by atoms with E-state index >= 15 is 0 Å². The number of rotatable bonds is 8. The van der Waals surface area contributed by atoms with Crippen molar-refractivity contribution in [1.82, 2.24) is 9.97 Å². The second-order valence-corrected chi connectivity index (χ2v) is 14.1. The third-order valence-corrected chi connectivity index (χ3v) is 10.1. The van der Waals surface area contributed by atoms with Gasteiger partial charge in [0.1, 0.15) is 11.2 Å². The van der Waals surface area contributed by atoms with Gasteiger partial charge < -0.3 is 5.11 Å². The monoisotopic (exact) mass is 822 g/mol. The number of aliphatic hydroxyl groups excluding tert-OH is 1. The molecule has 247 valence electrons. The van der Waals surface area contributed by atoms with Gasteiger partial charge in [0, 0.05) is 59.2 Å². The number of hydrogen-bond acceptors (Lipinski definition) is 5. The van der Waals surface area contributed by atoms with Crippen molar-refractivity contribution < 1.29 is 30.0 Å². The molecule has 0 saturated carbocycles. The number of aromatic nitrogens is 2. The van der Waals surface area contributed by atoms with Crippen molar-refractivity contribution in [3.05, 3.63) is 96.5 Å². The Hall–Kier alpha value is -3.44. The summed E-state index contributed by atoms with van der Waals surface area (Å²) in [4.78, 5) is 22.2. The Balaban J connectivity index is 0.000000269. The van der Waals surface area contributed by atoms with Crippen molar-refractivity contribution in [3.8, 4) is 11.3 Å². The van der Waals surface area contributed by atoms with Crippen molar-refractivity contribution in [2.45, 2.75) is 79.6 Å². The van der Waals surface area contributed by atoms with Crippen molar-refractivity contribution in [3.63, 3.8) is 0 Å². The molecule has 0 spiro atoms. The van der Waals surface area contributed by atoms with E-state index in [2.05, 4.69) is 98.6 Å². The first-order valence-corrected chi connectivity index (χ1v) is 17.4. The Morgan fingerprint density at radius 1 is 0.851 bits per heavy atom. The molecular formula is C41H45IrN2O2S-. The van der Waals surface area contributed by atoms with Crippen molar-refractivity contribution >= 4 is 59.0 Å². The number of aliphatic hydroxyl groups is 1.